The Balaban J connectivity index is 1.97. The second kappa shape index (κ2) is 7.19. The monoisotopic (exact) mass is 346 g/mol. The third kappa shape index (κ3) is 4.46. The van der Waals surface area contributed by atoms with E-state index in [1.54, 1.807) is 11.8 Å². The van der Waals surface area contributed by atoms with Gasteiger partial charge in [-0.2, -0.15) is 13.2 Å². The third-order valence-corrected chi connectivity index (χ3v) is 3.92. The smallest absolute Gasteiger partial charge is 0.349 e. The molecule has 1 saturated heterocycles. The van der Waals surface area contributed by atoms with Gasteiger partial charge in [0.25, 0.3) is 5.91 Å². The first-order valence-corrected chi connectivity index (χ1v) is 7.64. The average molecular weight is 346 g/mol. The SMILES string of the molecule is C[C@@H](CCN1CCCC1=O)NC(=O)c1cc(C(F)(F)F)ccc1F. The molecule has 0 saturated carbocycles. The molecule has 0 unspecified atom stereocenters. The number of carbonyl (C=O) groups excluding carboxylic acids is 2. The molecule has 0 radical (unpaired) electrons. The van der Waals surface area contributed by atoms with Crippen molar-refractivity contribution in [3.8, 4) is 0 Å². The van der Waals surface area contributed by atoms with E-state index in [1.807, 2.05) is 0 Å². The summed E-state index contributed by atoms with van der Waals surface area (Å²) in [4.78, 5) is 25.2. The Morgan fingerprint density at radius 3 is 2.67 bits per heavy atom. The van der Waals surface area contributed by atoms with Crippen molar-refractivity contribution in [1.82, 2.24) is 10.2 Å². The normalized spacial score (nSPS) is 16.4. The summed E-state index contributed by atoms with van der Waals surface area (Å²) in [5.74, 6) is -1.86. The summed E-state index contributed by atoms with van der Waals surface area (Å²) in [5, 5.41) is 2.47. The van der Waals surface area contributed by atoms with E-state index in [9.17, 15) is 27.2 Å². The fraction of sp³-hybridized carbons (Fsp3) is 0.500. The molecule has 1 atom stereocenters. The molecule has 1 N–H and O–H groups in total. The number of benzene rings is 1. The van der Waals surface area contributed by atoms with Crippen LogP contribution in [0.1, 0.15) is 42.1 Å². The number of halogens is 4. The number of rotatable bonds is 5. The Hall–Kier alpha value is -2.12. The zero-order chi connectivity index (χ0) is 17.9. The van der Waals surface area contributed by atoms with Crippen molar-refractivity contribution in [3.63, 3.8) is 0 Å². The first-order valence-electron chi connectivity index (χ1n) is 7.64. The predicted octanol–water partition coefficient (Wildman–Crippen LogP) is 2.98. The lowest BCUT2D eigenvalue weighted by atomic mass is 10.1. The molecule has 4 nitrogen and oxygen atoms in total. The molecule has 2 rings (SSSR count). The molecule has 1 fully saturated rings. The topological polar surface area (TPSA) is 49.4 Å². The van der Waals surface area contributed by atoms with Crippen LogP contribution in [-0.2, 0) is 11.0 Å². The van der Waals surface area contributed by atoms with Crippen LogP contribution in [0.4, 0.5) is 17.6 Å². The zero-order valence-electron chi connectivity index (χ0n) is 13.1. The highest BCUT2D eigenvalue weighted by atomic mass is 19.4. The van der Waals surface area contributed by atoms with E-state index in [1.165, 1.54) is 0 Å². The lowest BCUT2D eigenvalue weighted by molar-refractivity contribution is -0.137. The highest BCUT2D eigenvalue weighted by molar-refractivity contribution is 5.94. The van der Waals surface area contributed by atoms with E-state index in [0.29, 0.717) is 44.1 Å². The number of alkyl halides is 3. The van der Waals surface area contributed by atoms with E-state index in [0.717, 1.165) is 6.42 Å². The van der Waals surface area contributed by atoms with E-state index in [4.69, 9.17) is 0 Å². The predicted molar refractivity (Wildman–Crippen MR) is 78.8 cm³/mol. The van der Waals surface area contributed by atoms with Crippen LogP contribution < -0.4 is 5.32 Å². The number of amides is 2. The summed E-state index contributed by atoms with van der Waals surface area (Å²) in [6, 6.07) is 1.32. The van der Waals surface area contributed by atoms with Crippen LogP contribution in [0.15, 0.2) is 18.2 Å². The fourth-order valence-corrected chi connectivity index (χ4v) is 2.54. The lowest BCUT2D eigenvalue weighted by Crippen LogP contribution is -2.37. The highest BCUT2D eigenvalue weighted by Crippen LogP contribution is 2.30. The van der Waals surface area contributed by atoms with Crippen molar-refractivity contribution < 1.29 is 27.2 Å². The summed E-state index contributed by atoms with van der Waals surface area (Å²) < 4.78 is 51.7. The standard InChI is InChI=1S/C16H18F4N2O2/c1-10(6-8-22-7-2-3-14(22)23)21-15(24)12-9-11(16(18,19)20)4-5-13(12)17/h4-5,9-10H,2-3,6-8H2,1H3,(H,21,24)/t10-/m0/s1. The number of hydrogen-bond acceptors (Lipinski definition) is 2. The van der Waals surface area contributed by atoms with Crippen molar-refractivity contribution in [1.29, 1.82) is 0 Å². The van der Waals surface area contributed by atoms with Crippen LogP contribution in [0.25, 0.3) is 0 Å². The van der Waals surface area contributed by atoms with Gasteiger partial charge in [0.1, 0.15) is 5.82 Å². The summed E-state index contributed by atoms with van der Waals surface area (Å²) in [7, 11) is 0. The van der Waals surface area contributed by atoms with Gasteiger partial charge in [-0.05, 0) is 38.0 Å². The molecule has 0 aliphatic carbocycles. The summed E-state index contributed by atoms with van der Waals surface area (Å²) in [6.45, 7) is 2.77. The second-order valence-electron chi connectivity index (χ2n) is 5.84. The van der Waals surface area contributed by atoms with Gasteiger partial charge in [-0.3, -0.25) is 9.59 Å². The molecule has 1 aliphatic rings. The Morgan fingerprint density at radius 2 is 2.08 bits per heavy atom. The molecular formula is C16H18F4N2O2. The van der Waals surface area contributed by atoms with Gasteiger partial charge in [0, 0.05) is 25.6 Å². The number of nitrogens with one attached hydrogen (secondary N) is 1. The van der Waals surface area contributed by atoms with Gasteiger partial charge < -0.3 is 10.2 Å². The van der Waals surface area contributed by atoms with Gasteiger partial charge in [0.05, 0.1) is 11.1 Å². The molecule has 24 heavy (non-hydrogen) atoms. The zero-order valence-corrected chi connectivity index (χ0v) is 13.1. The van der Waals surface area contributed by atoms with Crippen molar-refractivity contribution >= 4 is 11.8 Å². The largest absolute Gasteiger partial charge is 0.416 e. The molecule has 2 amide bonds. The maximum Gasteiger partial charge on any atom is 0.416 e. The molecule has 8 heteroatoms. The van der Waals surface area contributed by atoms with E-state index in [2.05, 4.69) is 5.32 Å². The minimum atomic E-state index is -4.65. The summed E-state index contributed by atoms with van der Waals surface area (Å²) in [5.41, 5.74) is -1.72. The maximum absolute atomic E-state index is 13.7. The van der Waals surface area contributed by atoms with Crippen LogP contribution in [0.5, 0.6) is 0 Å². The number of carbonyl (C=O) groups is 2. The Kier molecular flexibility index (Phi) is 5.46. The maximum atomic E-state index is 13.7. The van der Waals surface area contributed by atoms with Gasteiger partial charge in [-0.15, -0.1) is 0 Å². The van der Waals surface area contributed by atoms with Crippen LogP contribution >= 0.6 is 0 Å². The minimum Gasteiger partial charge on any atom is -0.349 e. The summed E-state index contributed by atoms with van der Waals surface area (Å²) in [6.07, 6.45) is -2.90. The second-order valence-corrected chi connectivity index (χ2v) is 5.84. The van der Waals surface area contributed by atoms with Gasteiger partial charge in [0.2, 0.25) is 5.91 Å². The Morgan fingerprint density at radius 1 is 1.38 bits per heavy atom. The Labute approximate surface area is 136 Å². The van der Waals surface area contributed by atoms with Crippen LogP contribution in [-0.4, -0.2) is 35.8 Å². The molecule has 1 aromatic carbocycles. The first-order chi connectivity index (χ1) is 11.2. The van der Waals surface area contributed by atoms with Crippen LogP contribution in [0.2, 0.25) is 0 Å². The van der Waals surface area contributed by atoms with Crippen molar-refractivity contribution in [3.05, 3.63) is 35.1 Å². The van der Waals surface area contributed by atoms with Gasteiger partial charge >= 0.3 is 6.18 Å². The lowest BCUT2D eigenvalue weighted by Gasteiger charge is -2.20. The quantitative estimate of drug-likeness (QED) is 0.834. The molecular weight excluding hydrogens is 328 g/mol. The average Bonchev–Trinajstić information content (AvgIpc) is 2.89. The molecule has 0 aromatic heterocycles. The minimum absolute atomic E-state index is 0.0532. The van der Waals surface area contributed by atoms with Crippen molar-refractivity contribution in [2.75, 3.05) is 13.1 Å². The van der Waals surface area contributed by atoms with Crippen molar-refractivity contribution in [2.45, 2.75) is 38.4 Å². The molecule has 1 aromatic rings. The van der Waals surface area contributed by atoms with Gasteiger partial charge in [-0.1, -0.05) is 0 Å². The number of likely N-dealkylation sites (tertiary alicyclic amines) is 1. The number of hydrogen-bond donors (Lipinski definition) is 1. The molecule has 1 aliphatic heterocycles. The fourth-order valence-electron chi connectivity index (χ4n) is 2.54. The van der Waals surface area contributed by atoms with Crippen LogP contribution in [0.3, 0.4) is 0 Å². The first kappa shape index (κ1) is 18.2. The highest BCUT2D eigenvalue weighted by Gasteiger charge is 2.32. The van der Waals surface area contributed by atoms with Gasteiger partial charge in [0.15, 0.2) is 0 Å². The molecule has 1 heterocycles. The van der Waals surface area contributed by atoms with E-state index >= 15 is 0 Å². The van der Waals surface area contributed by atoms with Crippen LogP contribution in [0, 0.1) is 5.82 Å². The summed E-state index contributed by atoms with van der Waals surface area (Å²) >= 11 is 0. The molecule has 0 bridgehead atoms. The molecule has 0 spiro atoms. The van der Waals surface area contributed by atoms with Gasteiger partial charge in [-0.25, -0.2) is 4.39 Å². The van der Waals surface area contributed by atoms with Crippen molar-refractivity contribution in [2.24, 2.45) is 0 Å². The molecule has 132 valence electrons. The van der Waals surface area contributed by atoms with E-state index in [-0.39, 0.29) is 5.91 Å². The Bertz CT molecular complexity index is 631. The number of nitrogens with zero attached hydrogens (tertiary/aromatic N) is 1. The van der Waals surface area contributed by atoms with E-state index < -0.39 is 35.1 Å². The third-order valence-electron chi connectivity index (χ3n) is 3.92.